The van der Waals surface area contributed by atoms with E-state index in [9.17, 15) is 14.7 Å². The summed E-state index contributed by atoms with van der Waals surface area (Å²) in [5, 5.41) is 9.43. The summed E-state index contributed by atoms with van der Waals surface area (Å²) in [7, 11) is 0. The van der Waals surface area contributed by atoms with Gasteiger partial charge in [-0.2, -0.15) is 0 Å². The predicted molar refractivity (Wildman–Crippen MR) is 146 cm³/mol. The standard InChI is InChI=1S/C32H35NO6/c1-32(2)27-15-13-25(18-29(34)33(20-30(35)36)19-22-9-5-3-6-10-22)38-31(27)26-17-24(14-16-28(26)39-32)37-21-23-11-7-4-8-12-23/h3-12,14,16-17,25,27,31H,13,15,18-21H2,1-2H3,(H,35,36)/t25-,27+,31-/m0/s1. The fourth-order valence-corrected chi connectivity index (χ4v) is 5.59. The van der Waals surface area contributed by atoms with Crippen LogP contribution in [0.25, 0.3) is 0 Å². The van der Waals surface area contributed by atoms with Gasteiger partial charge in [-0.3, -0.25) is 9.59 Å². The van der Waals surface area contributed by atoms with Gasteiger partial charge in [0.15, 0.2) is 0 Å². The van der Waals surface area contributed by atoms with Crippen molar-refractivity contribution in [2.75, 3.05) is 6.54 Å². The van der Waals surface area contributed by atoms with Crippen molar-refractivity contribution in [1.29, 1.82) is 0 Å². The van der Waals surface area contributed by atoms with Crippen molar-refractivity contribution in [3.63, 3.8) is 0 Å². The second-order valence-corrected chi connectivity index (χ2v) is 10.9. The van der Waals surface area contributed by atoms with Gasteiger partial charge < -0.3 is 24.2 Å². The molecule has 0 unspecified atom stereocenters. The third-order valence-electron chi connectivity index (χ3n) is 7.60. The monoisotopic (exact) mass is 529 g/mol. The molecule has 7 nitrogen and oxygen atoms in total. The van der Waals surface area contributed by atoms with E-state index in [0.29, 0.717) is 13.0 Å². The number of carboxylic acid groups (broad SMARTS) is 1. The fourth-order valence-electron chi connectivity index (χ4n) is 5.59. The highest BCUT2D eigenvalue weighted by molar-refractivity contribution is 5.81. The summed E-state index contributed by atoms with van der Waals surface area (Å²) in [4.78, 5) is 26.2. The third kappa shape index (κ3) is 6.42. The van der Waals surface area contributed by atoms with Gasteiger partial charge in [-0.15, -0.1) is 0 Å². The lowest BCUT2D eigenvalue weighted by Crippen LogP contribution is -2.49. The molecule has 2 aliphatic rings. The number of carboxylic acids is 1. The van der Waals surface area contributed by atoms with Crippen molar-refractivity contribution in [3.05, 3.63) is 95.6 Å². The molecule has 0 bridgehead atoms. The molecular formula is C32H35NO6. The maximum atomic E-state index is 13.3. The maximum Gasteiger partial charge on any atom is 0.323 e. The number of carbonyl (C=O) groups excluding carboxylic acids is 1. The summed E-state index contributed by atoms with van der Waals surface area (Å²) in [6.07, 6.45) is 1.09. The molecule has 3 aromatic carbocycles. The topological polar surface area (TPSA) is 85.3 Å². The van der Waals surface area contributed by atoms with Gasteiger partial charge in [-0.05, 0) is 56.0 Å². The van der Waals surface area contributed by atoms with Gasteiger partial charge in [0.05, 0.1) is 18.6 Å². The number of amides is 1. The van der Waals surface area contributed by atoms with Gasteiger partial charge in [0, 0.05) is 18.0 Å². The van der Waals surface area contributed by atoms with Crippen LogP contribution >= 0.6 is 0 Å². The fraction of sp³-hybridized carbons (Fsp3) is 0.375. The highest BCUT2D eigenvalue weighted by Crippen LogP contribution is 2.51. The van der Waals surface area contributed by atoms with E-state index in [1.807, 2.05) is 78.9 Å². The van der Waals surface area contributed by atoms with E-state index in [0.717, 1.165) is 34.6 Å². The molecule has 2 aliphatic heterocycles. The van der Waals surface area contributed by atoms with Crippen molar-refractivity contribution in [2.24, 2.45) is 5.92 Å². The summed E-state index contributed by atoms with van der Waals surface area (Å²) in [6, 6.07) is 25.3. The SMILES string of the molecule is CC1(C)Oc2ccc(OCc3ccccc3)cc2[C@@H]2O[C@H](CC(=O)N(CC(=O)O)Cc3ccccc3)CC[C@H]21. The molecule has 1 saturated heterocycles. The van der Waals surface area contributed by atoms with Crippen LogP contribution in [0.4, 0.5) is 0 Å². The van der Waals surface area contributed by atoms with Crippen LogP contribution < -0.4 is 9.47 Å². The number of hydrogen-bond acceptors (Lipinski definition) is 5. The second-order valence-electron chi connectivity index (χ2n) is 10.9. The Balaban J connectivity index is 1.31. The van der Waals surface area contributed by atoms with E-state index >= 15 is 0 Å². The number of carbonyl (C=O) groups is 2. The quantitative estimate of drug-likeness (QED) is 0.378. The summed E-state index contributed by atoms with van der Waals surface area (Å²) >= 11 is 0. The van der Waals surface area contributed by atoms with E-state index < -0.39 is 11.6 Å². The molecule has 204 valence electrons. The predicted octanol–water partition coefficient (Wildman–Crippen LogP) is 5.78. The maximum absolute atomic E-state index is 13.3. The minimum Gasteiger partial charge on any atom is -0.489 e. The molecule has 1 amide bonds. The van der Waals surface area contributed by atoms with Crippen LogP contribution in [0, 0.1) is 5.92 Å². The molecule has 7 heteroatoms. The summed E-state index contributed by atoms with van der Waals surface area (Å²) in [5.41, 5.74) is 2.47. The Hall–Kier alpha value is -3.84. The van der Waals surface area contributed by atoms with Gasteiger partial charge in [-0.25, -0.2) is 0 Å². The Labute approximate surface area is 229 Å². The van der Waals surface area contributed by atoms with Crippen LogP contribution in [-0.4, -0.2) is 40.1 Å². The lowest BCUT2D eigenvalue weighted by atomic mass is 9.75. The molecular weight excluding hydrogens is 494 g/mol. The minimum atomic E-state index is -1.04. The van der Waals surface area contributed by atoms with Crippen molar-refractivity contribution < 1.29 is 28.9 Å². The number of rotatable bonds is 9. The first-order chi connectivity index (χ1) is 18.8. The number of nitrogens with zero attached hydrogens (tertiary/aromatic N) is 1. The molecule has 0 aromatic heterocycles. The lowest BCUT2D eigenvalue weighted by Gasteiger charge is -2.48. The van der Waals surface area contributed by atoms with Crippen LogP contribution in [0.1, 0.15) is 55.9 Å². The van der Waals surface area contributed by atoms with Crippen LogP contribution in [0.5, 0.6) is 11.5 Å². The number of benzene rings is 3. The molecule has 39 heavy (non-hydrogen) atoms. The second kappa shape index (κ2) is 11.5. The molecule has 1 fully saturated rings. The molecule has 3 atom stereocenters. The van der Waals surface area contributed by atoms with E-state index in [2.05, 4.69) is 13.8 Å². The average molecular weight is 530 g/mol. The Morgan fingerprint density at radius 3 is 2.36 bits per heavy atom. The first kappa shape index (κ1) is 26.8. The van der Waals surface area contributed by atoms with Crippen LogP contribution in [0.2, 0.25) is 0 Å². The Morgan fingerprint density at radius 1 is 0.974 bits per heavy atom. The molecule has 0 radical (unpaired) electrons. The summed E-state index contributed by atoms with van der Waals surface area (Å²) < 4.78 is 19.1. The number of hydrogen-bond donors (Lipinski definition) is 1. The summed E-state index contributed by atoms with van der Waals surface area (Å²) in [6.45, 7) is 4.52. The molecule has 0 saturated carbocycles. The Kier molecular flexibility index (Phi) is 7.89. The largest absolute Gasteiger partial charge is 0.489 e. The van der Waals surface area contributed by atoms with Gasteiger partial charge in [0.2, 0.25) is 5.91 Å². The van der Waals surface area contributed by atoms with Gasteiger partial charge in [-0.1, -0.05) is 60.7 Å². The van der Waals surface area contributed by atoms with E-state index in [1.54, 1.807) is 0 Å². The molecule has 0 spiro atoms. The molecule has 0 aliphatic carbocycles. The van der Waals surface area contributed by atoms with E-state index in [1.165, 1.54) is 4.90 Å². The highest BCUT2D eigenvalue weighted by atomic mass is 16.5. The van der Waals surface area contributed by atoms with E-state index in [4.69, 9.17) is 14.2 Å². The minimum absolute atomic E-state index is 0.111. The number of ether oxygens (including phenoxy) is 3. The number of fused-ring (bicyclic) bond motifs is 3. The van der Waals surface area contributed by atoms with Crippen molar-refractivity contribution in [3.8, 4) is 11.5 Å². The van der Waals surface area contributed by atoms with Gasteiger partial charge in [0.25, 0.3) is 0 Å². The number of aliphatic carboxylic acids is 1. The first-order valence-corrected chi connectivity index (χ1v) is 13.5. The highest BCUT2D eigenvalue weighted by Gasteiger charge is 2.48. The zero-order valence-corrected chi connectivity index (χ0v) is 22.4. The lowest BCUT2D eigenvalue weighted by molar-refractivity contribution is -0.161. The normalized spacial score (nSPS) is 21.1. The molecule has 2 heterocycles. The smallest absolute Gasteiger partial charge is 0.323 e. The van der Waals surface area contributed by atoms with Crippen LogP contribution in [0.3, 0.4) is 0 Å². The average Bonchev–Trinajstić information content (AvgIpc) is 2.92. The van der Waals surface area contributed by atoms with Crippen LogP contribution in [0.15, 0.2) is 78.9 Å². The molecule has 1 N–H and O–H groups in total. The molecule has 5 rings (SSSR count). The zero-order valence-electron chi connectivity index (χ0n) is 22.4. The van der Waals surface area contributed by atoms with E-state index in [-0.39, 0.29) is 43.5 Å². The Bertz CT molecular complexity index is 1290. The summed E-state index contributed by atoms with van der Waals surface area (Å²) in [5.74, 6) is 0.345. The van der Waals surface area contributed by atoms with Gasteiger partial charge in [0.1, 0.15) is 30.3 Å². The third-order valence-corrected chi connectivity index (χ3v) is 7.60. The first-order valence-electron chi connectivity index (χ1n) is 13.5. The van der Waals surface area contributed by atoms with Crippen molar-refractivity contribution >= 4 is 11.9 Å². The Morgan fingerprint density at radius 2 is 1.67 bits per heavy atom. The van der Waals surface area contributed by atoms with Crippen LogP contribution in [-0.2, 0) is 27.5 Å². The zero-order chi connectivity index (χ0) is 27.4. The molecule has 3 aromatic rings. The van der Waals surface area contributed by atoms with Gasteiger partial charge >= 0.3 is 5.97 Å². The van der Waals surface area contributed by atoms with Crippen molar-refractivity contribution in [1.82, 2.24) is 4.90 Å². The van der Waals surface area contributed by atoms with Crippen molar-refractivity contribution in [2.45, 2.75) is 64.1 Å².